The lowest BCUT2D eigenvalue weighted by Crippen LogP contribution is -2.45. The van der Waals surface area contributed by atoms with Crippen LogP contribution in [0.25, 0.3) is 0 Å². The van der Waals surface area contributed by atoms with Gasteiger partial charge in [0.05, 0.1) is 46.3 Å². The summed E-state index contributed by atoms with van der Waals surface area (Å²) >= 11 is 0. The lowest BCUT2D eigenvalue weighted by Gasteiger charge is -2.31. The largest absolute Gasteiger partial charge is 0.493 e. The SMILES string of the molecule is CCCCN(C(=O)CN1C[C@H](c2ccc3c(c2)CCO3)C(C(=O)O)[C@@H]1CCC1CCCCO1)c1cccc(C[N+](C)(C)C)c1. The first-order valence-electron chi connectivity index (χ1n) is 16.7. The predicted octanol–water partition coefficient (Wildman–Crippen LogP) is 5.48. The van der Waals surface area contributed by atoms with E-state index >= 15 is 0 Å². The number of ether oxygens (including phenoxy) is 2. The number of likely N-dealkylation sites (tertiary alicyclic amines) is 1. The van der Waals surface area contributed by atoms with Gasteiger partial charge in [0.2, 0.25) is 5.91 Å². The van der Waals surface area contributed by atoms with Crippen molar-refractivity contribution < 1.29 is 28.7 Å². The monoisotopic (exact) mass is 606 g/mol. The number of benzene rings is 2. The molecule has 2 saturated heterocycles. The number of carbonyl (C=O) groups is 2. The number of nitrogens with zero attached hydrogens (tertiary/aromatic N) is 3. The van der Waals surface area contributed by atoms with Crippen molar-refractivity contribution in [1.29, 1.82) is 0 Å². The summed E-state index contributed by atoms with van der Waals surface area (Å²) in [6.45, 7) is 5.85. The summed E-state index contributed by atoms with van der Waals surface area (Å²) in [7, 11) is 6.51. The zero-order valence-electron chi connectivity index (χ0n) is 27.2. The normalized spacial score (nSPS) is 23.7. The van der Waals surface area contributed by atoms with Crippen LogP contribution < -0.4 is 9.64 Å². The number of hydrogen-bond donors (Lipinski definition) is 1. The summed E-state index contributed by atoms with van der Waals surface area (Å²) in [6.07, 6.45) is 7.68. The lowest BCUT2D eigenvalue weighted by atomic mass is 9.82. The maximum atomic E-state index is 14.2. The summed E-state index contributed by atoms with van der Waals surface area (Å²) in [4.78, 5) is 31.3. The molecule has 2 unspecified atom stereocenters. The van der Waals surface area contributed by atoms with Crippen LogP contribution in [0.1, 0.15) is 74.5 Å². The summed E-state index contributed by atoms with van der Waals surface area (Å²) in [6, 6.07) is 14.3. The molecule has 0 aromatic heterocycles. The molecule has 3 aliphatic rings. The van der Waals surface area contributed by atoms with Crippen LogP contribution in [0.5, 0.6) is 5.75 Å². The third-order valence-electron chi connectivity index (χ3n) is 9.49. The van der Waals surface area contributed by atoms with E-state index in [0.29, 0.717) is 26.1 Å². The van der Waals surface area contributed by atoms with Gasteiger partial charge in [0.25, 0.3) is 0 Å². The molecule has 8 heteroatoms. The Kier molecular flexibility index (Phi) is 10.7. The van der Waals surface area contributed by atoms with Crippen LogP contribution >= 0.6 is 0 Å². The van der Waals surface area contributed by atoms with Crippen LogP contribution in [0.15, 0.2) is 42.5 Å². The minimum atomic E-state index is -0.785. The van der Waals surface area contributed by atoms with Crippen LogP contribution in [-0.2, 0) is 27.3 Å². The van der Waals surface area contributed by atoms with Gasteiger partial charge in [-0.1, -0.05) is 37.6 Å². The van der Waals surface area contributed by atoms with Crippen LogP contribution in [0.3, 0.4) is 0 Å². The van der Waals surface area contributed by atoms with Gasteiger partial charge in [0.1, 0.15) is 12.3 Å². The molecule has 2 aromatic rings. The third-order valence-corrected chi connectivity index (χ3v) is 9.49. The summed E-state index contributed by atoms with van der Waals surface area (Å²) in [5.74, 6) is -0.640. The van der Waals surface area contributed by atoms with Crippen molar-refractivity contribution in [3.8, 4) is 5.75 Å². The third kappa shape index (κ3) is 8.01. The number of fused-ring (bicyclic) bond motifs is 1. The maximum absolute atomic E-state index is 14.2. The molecule has 8 nitrogen and oxygen atoms in total. The summed E-state index contributed by atoms with van der Waals surface area (Å²) in [5.41, 5.74) is 4.30. The van der Waals surface area contributed by atoms with Crippen molar-refractivity contribution in [3.05, 3.63) is 59.2 Å². The molecule has 0 bridgehead atoms. The van der Waals surface area contributed by atoms with Crippen LogP contribution in [0.2, 0.25) is 0 Å². The van der Waals surface area contributed by atoms with Crippen molar-refractivity contribution in [3.63, 3.8) is 0 Å². The lowest BCUT2D eigenvalue weighted by molar-refractivity contribution is -0.884. The Labute approximate surface area is 263 Å². The Morgan fingerprint density at radius 1 is 1.07 bits per heavy atom. The molecule has 2 aromatic carbocycles. The molecule has 1 N–H and O–H groups in total. The number of anilines is 1. The molecule has 3 aliphatic heterocycles. The second-order valence-corrected chi connectivity index (χ2v) is 14.0. The Hall–Kier alpha value is -2.94. The van der Waals surface area contributed by atoms with E-state index in [1.807, 2.05) is 29.2 Å². The van der Waals surface area contributed by atoms with E-state index in [1.165, 1.54) is 5.56 Å². The average Bonchev–Trinajstić information content (AvgIpc) is 3.60. The number of carboxylic acids is 1. The zero-order valence-corrected chi connectivity index (χ0v) is 27.2. The van der Waals surface area contributed by atoms with Crippen molar-refractivity contribution in [2.45, 2.75) is 82.9 Å². The van der Waals surface area contributed by atoms with Gasteiger partial charge in [-0.25, -0.2) is 0 Å². The first-order valence-corrected chi connectivity index (χ1v) is 16.7. The fraction of sp³-hybridized carbons (Fsp3) is 0.611. The fourth-order valence-corrected chi connectivity index (χ4v) is 7.36. The van der Waals surface area contributed by atoms with Crippen LogP contribution in [-0.4, -0.2) is 92.5 Å². The quantitative estimate of drug-likeness (QED) is 0.305. The van der Waals surface area contributed by atoms with Gasteiger partial charge in [-0.05, 0) is 67.9 Å². The molecule has 2 fully saturated rings. The minimum absolute atomic E-state index is 0.0342. The van der Waals surface area contributed by atoms with E-state index < -0.39 is 11.9 Å². The van der Waals surface area contributed by atoms with Crippen molar-refractivity contribution >= 4 is 17.6 Å². The molecule has 0 radical (unpaired) electrons. The number of amides is 1. The summed E-state index contributed by atoms with van der Waals surface area (Å²) < 4.78 is 12.6. The molecule has 44 heavy (non-hydrogen) atoms. The highest BCUT2D eigenvalue weighted by molar-refractivity contribution is 5.95. The second-order valence-electron chi connectivity index (χ2n) is 14.0. The number of quaternary nitrogens is 1. The van der Waals surface area contributed by atoms with Crippen molar-refractivity contribution in [2.75, 3.05) is 58.9 Å². The molecule has 0 spiro atoms. The van der Waals surface area contributed by atoms with Gasteiger partial charge in [-0.3, -0.25) is 14.5 Å². The van der Waals surface area contributed by atoms with Crippen molar-refractivity contribution in [1.82, 2.24) is 4.90 Å². The molecule has 240 valence electrons. The fourth-order valence-electron chi connectivity index (χ4n) is 7.36. The molecular weight excluding hydrogens is 554 g/mol. The predicted molar refractivity (Wildman–Crippen MR) is 173 cm³/mol. The van der Waals surface area contributed by atoms with E-state index in [1.54, 1.807) is 0 Å². The van der Waals surface area contributed by atoms with Gasteiger partial charge in [0.15, 0.2) is 0 Å². The molecule has 1 amide bonds. The highest BCUT2D eigenvalue weighted by Gasteiger charge is 2.47. The maximum Gasteiger partial charge on any atom is 0.308 e. The standard InChI is InChI=1S/C36H51N3O5/c1-5-6-18-38(29-11-9-10-26(21-29)25-39(2,3)4)34(40)24-37-23-31(27-13-16-33-28(22-27)17-20-44-33)35(36(41)42)32(37)15-14-30-12-7-8-19-43-30/h9-11,13,16,21-22,30-32,35H,5-8,12,14-15,17-20,23-25H2,1-4H3/p+1/t30?,31-,32+,35?/m1/s1. The van der Waals surface area contributed by atoms with E-state index in [9.17, 15) is 14.7 Å². The Morgan fingerprint density at radius 2 is 1.91 bits per heavy atom. The molecule has 0 saturated carbocycles. The van der Waals surface area contributed by atoms with Gasteiger partial charge in [-0.15, -0.1) is 0 Å². The van der Waals surface area contributed by atoms with E-state index in [2.05, 4.69) is 51.2 Å². The Morgan fingerprint density at radius 3 is 2.64 bits per heavy atom. The first-order chi connectivity index (χ1) is 21.1. The van der Waals surface area contributed by atoms with Crippen molar-refractivity contribution in [2.24, 2.45) is 5.92 Å². The first kappa shape index (κ1) is 32.5. The molecule has 5 rings (SSSR count). The molecule has 3 heterocycles. The van der Waals surface area contributed by atoms with E-state index in [-0.39, 0.29) is 30.5 Å². The number of rotatable bonds is 13. The van der Waals surface area contributed by atoms with Gasteiger partial charge >= 0.3 is 5.97 Å². The zero-order chi connectivity index (χ0) is 31.3. The summed E-state index contributed by atoms with van der Waals surface area (Å²) in [5, 5.41) is 10.6. The molecular formula is C36H52N3O5+. The van der Waals surface area contributed by atoms with Crippen LogP contribution in [0.4, 0.5) is 5.69 Å². The number of carbonyl (C=O) groups excluding carboxylic acids is 1. The number of unbranched alkanes of at least 4 members (excludes halogenated alkanes) is 1. The highest BCUT2D eigenvalue weighted by atomic mass is 16.5. The Balaban J connectivity index is 1.41. The number of carboxylic acid groups (broad SMARTS) is 1. The Bertz CT molecular complexity index is 1280. The van der Waals surface area contributed by atoms with Gasteiger partial charge in [-0.2, -0.15) is 0 Å². The van der Waals surface area contributed by atoms with E-state index in [4.69, 9.17) is 9.47 Å². The van der Waals surface area contributed by atoms with E-state index in [0.717, 1.165) is 85.1 Å². The second kappa shape index (κ2) is 14.4. The van der Waals surface area contributed by atoms with Gasteiger partial charge < -0.3 is 24.0 Å². The average molecular weight is 607 g/mol. The molecule has 4 atom stereocenters. The van der Waals surface area contributed by atoms with Gasteiger partial charge in [0, 0.05) is 49.3 Å². The minimum Gasteiger partial charge on any atom is -0.493 e. The topological polar surface area (TPSA) is 79.3 Å². The molecule has 0 aliphatic carbocycles. The number of aliphatic carboxylic acids is 1. The highest BCUT2D eigenvalue weighted by Crippen LogP contribution is 2.42. The number of hydrogen-bond acceptors (Lipinski definition) is 5. The van der Waals surface area contributed by atoms with Crippen LogP contribution in [0, 0.1) is 5.92 Å². The smallest absolute Gasteiger partial charge is 0.308 e.